The fourth-order valence-electron chi connectivity index (χ4n) is 0.323. The van der Waals surface area contributed by atoms with E-state index in [-0.39, 0.29) is 13.2 Å². The highest BCUT2D eigenvalue weighted by Gasteiger charge is 1.97. The lowest BCUT2D eigenvalue weighted by molar-refractivity contribution is -0.133. The third kappa shape index (κ3) is 15.0. The van der Waals surface area contributed by atoms with Gasteiger partial charge in [-0.3, -0.25) is 0 Å². The Bertz CT molecular complexity index is 237. The molecule has 0 rings (SSSR count). The highest BCUT2D eigenvalue weighted by molar-refractivity contribution is 5.87. The van der Waals surface area contributed by atoms with E-state index in [4.69, 9.17) is 5.11 Å². The molecule has 0 aromatic heterocycles. The number of nitrogens with two attached hydrogens (primary N) is 1. The first-order valence-electron chi connectivity index (χ1n) is 3.96. The van der Waals surface area contributed by atoms with Crippen molar-refractivity contribution in [2.45, 2.75) is 6.92 Å². The van der Waals surface area contributed by atoms with Crippen molar-refractivity contribution in [3.63, 3.8) is 0 Å². The molecule has 6 heteroatoms. The second kappa shape index (κ2) is 10.3. The van der Waals surface area contributed by atoms with Gasteiger partial charge in [0.2, 0.25) is 0 Å². The van der Waals surface area contributed by atoms with Gasteiger partial charge in [-0.1, -0.05) is 13.2 Å². The zero-order valence-corrected chi connectivity index (χ0v) is 8.56. The van der Waals surface area contributed by atoms with Gasteiger partial charge in [0.1, 0.15) is 6.61 Å². The number of aliphatic hydroxyl groups is 1. The second-order valence-corrected chi connectivity index (χ2v) is 2.24. The lowest BCUT2D eigenvalue weighted by atomic mass is 10.4. The highest BCUT2D eigenvalue weighted by Crippen LogP contribution is 1.90. The van der Waals surface area contributed by atoms with Crippen LogP contribution in [0.1, 0.15) is 6.92 Å². The smallest absolute Gasteiger partial charge is 0.404 e. The maximum Gasteiger partial charge on any atom is 0.404 e. The maximum absolute atomic E-state index is 10.3. The number of rotatable bonds is 4. The van der Waals surface area contributed by atoms with Crippen LogP contribution < -0.4 is 5.73 Å². The summed E-state index contributed by atoms with van der Waals surface area (Å²) in [6.45, 7) is 7.93. The van der Waals surface area contributed by atoms with Crippen LogP contribution in [0.4, 0.5) is 4.79 Å². The van der Waals surface area contributed by atoms with Gasteiger partial charge in [0.05, 0.1) is 12.9 Å². The molecule has 0 saturated carbocycles. The third-order valence-corrected chi connectivity index (χ3v) is 0.874. The molecule has 0 heterocycles. The zero-order valence-electron chi connectivity index (χ0n) is 8.56. The van der Waals surface area contributed by atoms with E-state index in [1.807, 2.05) is 0 Å². The summed E-state index contributed by atoms with van der Waals surface area (Å²) in [5.74, 6) is -0.431. The number of primary amides is 1. The predicted molar refractivity (Wildman–Crippen MR) is 53.7 cm³/mol. The van der Waals surface area contributed by atoms with E-state index in [1.165, 1.54) is 0 Å². The SMILES string of the molecule is C=COC(=O)C(=C)C.NC(=O)OCCO. The molecule has 0 bridgehead atoms. The van der Waals surface area contributed by atoms with Gasteiger partial charge in [-0.2, -0.15) is 0 Å². The molecule has 0 saturated heterocycles. The summed E-state index contributed by atoms with van der Waals surface area (Å²) in [5, 5.41) is 7.98. The molecule has 0 aromatic rings. The third-order valence-electron chi connectivity index (χ3n) is 0.874. The van der Waals surface area contributed by atoms with Crippen LogP contribution in [-0.2, 0) is 14.3 Å². The molecule has 0 aromatic carbocycles. The van der Waals surface area contributed by atoms with Gasteiger partial charge in [-0.05, 0) is 6.92 Å². The quantitative estimate of drug-likeness (QED) is 0.401. The number of carbonyl (C=O) groups is 2. The molecule has 0 radical (unpaired) electrons. The number of hydrogen-bond donors (Lipinski definition) is 2. The Hall–Kier alpha value is -1.82. The number of carbonyl (C=O) groups excluding carboxylic acids is 2. The summed E-state index contributed by atoms with van der Waals surface area (Å²) in [6.07, 6.45) is 0.228. The van der Waals surface area contributed by atoms with E-state index in [1.54, 1.807) is 6.92 Å². The standard InChI is InChI=1S/C6H8O2.C3H7NO3/c1-4-8-6(7)5(2)3;4-3(6)7-2-1-5/h4H,1-2H2,3H3;5H,1-2H2,(H2,4,6). The highest BCUT2D eigenvalue weighted by atomic mass is 16.6. The first kappa shape index (κ1) is 15.6. The van der Waals surface area contributed by atoms with Crippen molar-refractivity contribution < 1.29 is 24.2 Å². The number of ether oxygens (including phenoxy) is 2. The van der Waals surface area contributed by atoms with Crippen LogP contribution in [0.2, 0.25) is 0 Å². The van der Waals surface area contributed by atoms with Crippen molar-refractivity contribution in [1.29, 1.82) is 0 Å². The van der Waals surface area contributed by atoms with Crippen LogP contribution in [0.25, 0.3) is 0 Å². The fourth-order valence-corrected chi connectivity index (χ4v) is 0.323. The Morgan fingerprint density at radius 2 is 2.07 bits per heavy atom. The minimum Gasteiger partial charge on any atom is -0.447 e. The molecule has 0 spiro atoms. The Labute approximate surface area is 88.0 Å². The number of hydrogen-bond acceptors (Lipinski definition) is 5. The van der Waals surface area contributed by atoms with Crippen molar-refractivity contribution >= 4 is 12.1 Å². The largest absolute Gasteiger partial charge is 0.447 e. The minimum atomic E-state index is -0.853. The molecular weight excluding hydrogens is 202 g/mol. The summed E-state index contributed by atoms with van der Waals surface area (Å²) < 4.78 is 8.41. The van der Waals surface area contributed by atoms with Crippen LogP contribution in [0.15, 0.2) is 25.0 Å². The van der Waals surface area contributed by atoms with Crippen LogP contribution in [0.3, 0.4) is 0 Å². The first-order valence-corrected chi connectivity index (χ1v) is 3.96. The molecule has 86 valence electrons. The van der Waals surface area contributed by atoms with Gasteiger partial charge >= 0.3 is 12.1 Å². The maximum atomic E-state index is 10.3. The van der Waals surface area contributed by atoms with Crippen LogP contribution in [-0.4, -0.2) is 30.4 Å². The molecule has 6 nitrogen and oxygen atoms in total. The lowest BCUT2D eigenvalue weighted by Gasteiger charge is -1.92. The van der Waals surface area contributed by atoms with E-state index in [9.17, 15) is 9.59 Å². The zero-order chi connectivity index (χ0) is 12.3. The molecule has 0 aliphatic heterocycles. The van der Waals surface area contributed by atoms with Crippen LogP contribution >= 0.6 is 0 Å². The van der Waals surface area contributed by atoms with Crippen LogP contribution in [0.5, 0.6) is 0 Å². The average molecular weight is 217 g/mol. The van der Waals surface area contributed by atoms with Gasteiger partial charge in [-0.25, -0.2) is 9.59 Å². The molecule has 0 unspecified atom stereocenters. The van der Waals surface area contributed by atoms with Gasteiger partial charge in [0.25, 0.3) is 0 Å². The van der Waals surface area contributed by atoms with Gasteiger partial charge in [-0.15, -0.1) is 0 Å². The first-order chi connectivity index (χ1) is 6.95. The molecule has 0 atom stereocenters. The summed E-state index contributed by atoms with van der Waals surface area (Å²) in [4.78, 5) is 20.0. The molecule has 1 amide bonds. The predicted octanol–water partition coefficient (Wildman–Crippen LogP) is 0.323. The fraction of sp³-hybridized carbons (Fsp3) is 0.333. The normalized spacial score (nSPS) is 7.87. The van der Waals surface area contributed by atoms with Crippen molar-refractivity contribution in [3.8, 4) is 0 Å². The average Bonchev–Trinajstić information content (AvgIpc) is 2.16. The Morgan fingerprint density at radius 3 is 2.20 bits per heavy atom. The lowest BCUT2D eigenvalue weighted by Crippen LogP contribution is -2.15. The molecule has 0 aliphatic carbocycles. The van der Waals surface area contributed by atoms with Crippen LogP contribution in [0, 0.1) is 0 Å². The van der Waals surface area contributed by atoms with Gasteiger partial charge in [0, 0.05) is 5.57 Å². The van der Waals surface area contributed by atoms with E-state index in [0.717, 1.165) is 6.26 Å². The summed E-state index contributed by atoms with van der Waals surface area (Å²) in [7, 11) is 0. The van der Waals surface area contributed by atoms with E-state index >= 15 is 0 Å². The monoisotopic (exact) mass is 217 g/mol. The summed E-state index contributed by atoms with van der Waals surface area (Å²) in [6, 6.07) is 0. The Kier molecular flexibility index (Phi) is 10.7. The molecular formula is C9H15NO5. The molecule has 15 heavy (non-hydrogen) atoms. The van der Waals surface area contributed by atoms with Crippen molar-refractivity contribution in [3.05, 3.63) is 25.0 Å². The van der Waals surface area contributed by atoms with Gasteiger partial charge < -0.3 is 20.3 Å². The number of aliphatic hydroxyl groups excluding tert-OH is 1. The van der Waals surface area contributed by atoms with E-state index in [0.29, 0.717) is 5.57 Å². The Balaban J connectivity index is 0. The number of esters is 1. The topological polar surface area (TPSA) is 98.9 Å². The molecule has 0 fully saturated rings. The minimum absolute atomic E-state index is 0.0185. The van der Waals surface area contributed by atoms with E-state index in [2.05, 4.69) is 28.4 Å². The molecule has 0 aliphatic rings. The molecule has 3 N–H and O–H groups in total. The second-order valence-electron chi connectivity index (χ2n) is 2.24. The summed E-state index contributed by atoms with van der Waals surface area (Å²) >= 11 is 0. The van der Waals surface area contributed by atoms with Crippen molar-refractivity contribution in [1.82, 2.24) is 0 Å². The van der Waals surface area contributed by atoms with Crippen molar-refractivity contribution in [2.75, 3.05) is 13.2 Å². The Morgan fingerprint density at radius 1 is 1.53 bits per heavy atom. The summed E-state index contributed by atoms with van der Waals surface area (Å²) in [5.41, 5.74) is 4.89. The van der Waals surface area contributed by atoms with E-state index < -0.39 is 12.1 Å². The van der Waals surface area contributed by atoms with Crippen molar-refractivity contribution in [2.24, 2.45) is 5.73 Å². The number of amides is 1. The van der Waals surface area contributed by atoms with Gasteiger partial charge in [0.15, 0.2) is 0 Å².